The molecule has 2 aromatic carbocycles. The molecule has 0 bridgehead atoms. The molecule has 2 heteroatoms. The lowest BCUT2D eigenvalue weighted by Crippen LogP contribution is -2.42. The zero-order valence-corrected chi connectivity index (χ0v) is 12.3. The average molecular weight is 268 g/mol. The Kier molecular flexibility index (Phi) is 4.04. The fourth-order valence-corrected chi connectivity index (χ4v) is 3.18. The van der Waals surface area contributed by atoms with Gasteiger partial charge in [0, 0.05) is 19.1 Å². The Bertz CT molecular complexity index is 572. The SMILES string of the molecule is CN(CCc1ccc2ccccc2c1)CC1CC(N)C1. The summed E-state index contributed by atoms with van der Waals surface area (Å²) in [6.45, 7) is 2.32. The fourth-order valence-electron chi connectivity index (χ4n) is 3.18. The number of likely N-dealkylation sites (N-methyl/N-ethyl adjacent to an activating group) is 1. The van der Waals surface area contributed by atoms with Crippen molar-refractivity contribution in [1.29, 1.82) is 0 Å². The molecule has 0 saturated heterocycles. The summed E-state index contributed by atoms with van der Waals surface area (Å²) in [5, 5.41) is 2.67. The Hall–Kier alpha value is -1.38. The second-order valence-corrected chi connectivity index (χ2v) is 6.29. The van der Waals surface area contributed by atoms with Gasteiger partial charge in [0.1, 0.15) is 0 Å². The number of fused-ring (bicyclic) bond motifs is 1. The summed E-state index contributed by atoms with van der Waals surface area (Å²) in [6, 6.07) is 15.8. The largest absolute Gasteiger partial charge is 0.328 e. The Morgan fingerprint density at radius 1 is 1.10 bits per heavy atom. The van der Waals surface area contributed by atoms with Crippen LogP contribution in [0.5, 0.6) is 0 Å². The van der Waals surface area contributed by atoms with E-state index in [1.807, 2.05) is 0 Å². The van der Waals surface area contributed by atoms with E-state index < -0.39 is 0 Å². The number of rotatable bonds is 5. The molecule has 2 N–H and O–H groups in total. The lowest BCUT2D eigenvalue weighted by Gasteiger charge is -2.35. The summed E-state index contributed by atoms with van der Waals surface area (Å²) in [5.41, 5.74) is 7.28. The normalized spacial score (nSPS) is 22.1. The van der Waals surface area contributed by atoms with Crippen LogP contribution in [0, 0.1) is 5.92 Å². The van der Waals surface area contributed by atoms with E-state index in [1.165, 1.54) is 35.7 Å². The highest BCUT2D eigenvalue weighted by Crippen LogP contribution is 2.26. The van der Waals surface area contributed by atoms with Crippen molar-refractivity contribution < 1.29 is 0 Å². The number of nitrogens with two attached hydrogens (primary N) is 1. The first kappa shape index (κ1) is 13.6. The molecule has 2 nitrogen and oxygen atoms in total. The Balaban J connectivity index is 1.53. The molecule has 106 valence electrons. The van der Waals surface area contributed by atoms with Crippen LogP contribution >= 0.6 is 0 Å². The lowest BCUT2D eigenvalue weighted by molar-refractivity contribution is 0.183. The molecule has 0 unspecified atom stereocenters. The smallest absolute Gasteiger partial charge is 0.00450 e. The van der Waals surface area contributed by atoms with Crippen molar-refractivity contribution in [3.63, 3.8) is 0 Å². The first-order valence-electron chi connectivity index (χ1n) is 7.62. The van der Waals surface area contributed by atoms with Crippen molar-refractivity contribution in [2.75, 3.05) is 20.1 Å². The summed E-state index contributed by atoms with van der Waals surface area (Å²) in [5.74, 6) is 0.826. The minimum absolute atomic E-state index is 0.467. The zero-order valence-electron chi connectivity index (χ0n) is 12.3. The van der Waals surface area contributed by atoms with Gasteiger partial charge in [-0.2, -0.15) is 0 Å². The highest BCUT2D eigenvalue weighted by atomic mass is 15.1. The maximum absolute atomic E-state index is 5.84. The first-order valence-corrected chi connectivity index (χ1v) is 7.62. The highest BCUT2D eigenvalue weighted by molar-refractivity contribution is 5.82. The maximum Gasteiger partial charge on any atom is 0.00450 e. The third-order valence-electron chi connectivity index (χ3n) is 4.44. The van der Waals surface area contributed by atoms with E-state index in [-0.39, 0.29) is 0 Å². The maximum atomic E-state index is 5.84. The van der Waals surface area contributed by atoms with Crippen LogP contribution in [0.25, 0.3) is 10.8 Å². The summed E-state index contributed by atoms with van der Waals surface area (Å²) in [7, 11) is 2.23. The van der Waals surface area contributed by atoms with Crippen molar-refractivity contribution in [2.24, 2.45) is 11.7 Å². The summed E-state index contributed by atoms with van der Waals surface area (Å²) in [4.78, 5) is 2.45. The molecule has 0 spiro atoms. The van der Waals surface area contributed by atoms with Gasteiger partial charge in [0.2, 0.25) is 0 Å². The molecule has 0 atom stereocenters. The summed E-state index contributed by atoms with van der Waals surface area (Å²) in [6.07, 6.45) is 3.54. The molecule has 1 aliphatic carbocycles. The fraction of sp³-hybridized carbons (Fsp3) is 0.444. The van der Waals surface area contributed by atoms with Crippen LogP contribution in [0.1, 0.15) is 18.4 Å². The van der Waals surface area contributed by atoms with Crippen molar-refractivity contribution in [1.82, 2.24) is 4.90 Å². The highest BCUT2D eigenvalue weighted by Gasteiger charge is 2.26. The van der Waals surface area contributed by atoms with Gasteiger partial charge in [-0.05, 0) is 48.6 Å². The predicted octanol–water partition coefficient (Wildman–Crippen LogP) is 3.05. The number of nitrogens with zero attached hydrogens (tertiary/aromatic N) is 1. The molecular formula is C18H24N2. The third-order valence-corrected chi connectivity index (χ3v) is 4.44. The van der Waals surface area contributed by atoms with E-state index in [2.05, 4.69) is 54.4 Å². The standard InChI is InChI=1S/C18H24N2/c1-20(13-15-11-18(19)12-15)9-8-14-6-7-16-4-2-3-5-17(16)10-14/h2-7,10,15,18H,8-9,11-13,19H2,1H3. The molecule has 0 amide bonds. The van der Waals surface area contributed by atoms with Crippen molar-refractivity contribution in [2.45, 2.75) is 25.3 Å². The molecule has 1 saturated carbocycles. The lowest BCUT2D eigenvalue weighted by atomic mass is 9.80. The van der Waals surface area contributed by atoms with Gasteiger partial charge in [-0.15, -0.1) is 0 Å². The van der Waals surface area contributed by atoms with Crippen LogP contribution in [-0.4, -0.2) is 31.1 Å². The van der Waals surface area contributed by atoms with Crippen molar-refractivity contribution >= 4 is 10.8 Å². The van der Waals surface area contributed by atoms with Gasteiger partial charge in [-0.25, -0.2) is 0 Å². The minimum atomic E-state index is 0.467. The summed E-state index contributed by atoms with van der Waals surface area (Å²) < 4.78 is 0. The van der Waals surface area contributed by atoms with E-state index in [9.17, 15) is 0 Å². The number of hydrogen-bond donors (Lipinski definition) is 1. The van der Waals surface area contributed by atoms with E-state index in [1.54, 1.807) is 0 Å². The van der Waals surface area contributed by atoms with Crippen molar-refractivity contribution in [3.8, 4) is 0 Å². The minimum Gasteiger partial charge on any atom is -0.328 e. The number of hydrogen-bond acceptors (Lipinski definition) is 2. The third kappa shape index (κ3) is 3.20. The zero-order chi connectivity index (χ0) is 13.9. The molecule has 0 aromatic heterocycles. The second kappa shape index (κ2) is 5.94. The van der Waals surface area contributed by atoms with E-state index >= 15 is 0 Å². The van der Waals surface area contributed by atoms with Gasteiger partial charge in [0.25, 0.3) is 0 Å². The van der Waals surface area contributed by atoms with Gasteiger partial charge in [-0.1, -0.05) is 42.5 Å². The molecule has 20 heavy (non-hydrogen) atoms. The quantitative estimate of drug-likeness (QED) is 0.903. The molecule has 0 aliphatic heterocycles. The van der Waals surface area contributed by atoms with Crippen LogP contribution in [0.15, 0.2) is 42.5 Å². The van der Waals surface area contributed by atoms with Crippen LogP contribution in [0.3, 0.4) is 0 Å². The van der Waals surface area contributed by atoms with Crippen LogP contribution in [0.2, 0.25) is 0 Å². The van der Waals surface area contributed by atoms with Gasteiger partial charge in [-0.3, -0.25) is 0 Å². The van der Waals surface area contributed by atoms with Crippen LogP contribution in [-0.2, 0) is 6.42 Å². The van der Waals surface area contributed by atoms with Gasteiger partial charge in [0.15, 0.2) is 0 Å². The topological polar surface area (TPSA) is 29.3 Å². The molecule has 1 fully saturated rings. The van der Waals surface area contributed by atoms with Gasteiger partial charge >= 0.3 is 0 Å². The van der Waals surface area contributed by atoms with Gasteiger partial charge < -0.3 is 10.6 Å². The Labute approximate surface area is 121 Å². The van der Waals surface area contributed by atoms with E-state index in [4.69, 9.17) is 5.73 Å². The molecule has 1 aliphatic rings. The van der Waals surface area contributed by atoms with Crippen LogP contribution in [0.4, 0.5) is 0 Å². The predicted molar refractivity (Wildman–Crippen MR) is 85.8 cm³/mol. The second-order valence-electron chi connectivity index (χ2n) is 6.29. The molecule has 2 aromatic rings. The monoisotopic (exact) mass is 268 g/mol. The summed E-state index contributed by atoms with van der Waals surface area (Å²) >= 11 is 0. The molecule has 3 rings (SSSR count). The molecular weight excluding hydrogens is 244 g/mol. The Morgan fingerprint density at radius 3 is 2.60 bits per heavy atom. The average Bonchev–Trinajstić information content (AvgIpc) is 2.43. The number of benzene rings is 2. The van der Waals surface area contributed by atoms with Gasteiger partial charge in [0.05, 0.1) is 0 Å². The van der Waals surface area contributed by atoms with E-state index in [0.717, 1.165) is 18.9 Å². The van der Waals surface area contributed by atoms with Crippen LogP contribution < -0.4 is 5.73 Å². The molecule has 0 radical (unpaired) electrons. The first-order chi connectivity index (χ1) is 9.70. The van der Waals surface area contributed by atoms with E-state index in [0.29, 0.717) is 6.04 Å². The molecule has 0 heterocycles. The Morgan fingerprint density at radius 2 is 1.85 bits per heavy atom. The van der Waals surface area contributed by atoms with Crippen molar-refractivity contribution in [3.05, 3.63) is 48.0 Å².